The van der Waals surface area contributed by atoms with Crippen LogP contribution in [0.25, 0.3) is 0 Å². The van der Waals surface area contributed by atoms with Gasteiger partial charge in [-0.2, -0.15) is 4.31 Å². The molecule has 0 saturated heterocycles. The van der Waals surface area contributed by atoms with Crippen LogP contribution in [-0.4, -0.2) is 37.6 Å². The van der Waals surface area contributed by atoms with Gasteiger partial charge in [0.05, 0.1) is 17.4 Å². The highest BCUT2D eigenvalue weighted by Gasteiger charge is 2.23. The van der Waals surface area contributed by atoms with Crippen LogP contribution in [0, 0.1) is 6.92 Å². The Balaban J connectivity index is 2.10. The summed E-state index contributed by atoms with van der Waals surface area (Å²) < 4.78 is 26.4. The third kappa shape index (κ3) is 6.14. The first-order valence-electron chi connectivity index (χ1n) is 9.72. The van der Waals surface area contributed by atoms with Gasteiger partial charge in [-0.05, 0) is 50.6 Å². The van der Waals surface area contributed by atoms with Crippen molar-refractivity contribution in [2.45, 2.75) is 51.1 Å². The van der Waals surface area contributed by atoms with Crippen molar-refractivity contribution in [1.29, 1.82) is 0 Å². The van der Waals surface area contributed by atoms with Crippen LogP contribution in [0.15, 0.2) is 53.4 Å². The minimum absolute atomic E-state index is 0.0543. The Kier molecular flexibility index (Phi) is 7.75. The molecule has 0 saturated carbocycles. The van der Waals surface area contributed by atoms with Gasteiger partial charge < -0.3 is 10.6 Å². The molecule has 1 atom stereocenters. The van der Waals surface area contributed by atoms with E-state index in [1.54, 1.807) is 26.0 Å². The fraction of sp³-hybridized carbons (Fsp3) is 0.364. The molecule has 0 aromatic heterocycles. The molecular weight excluding hydrogens is 402 g/mol. The molecule has 0 aliphatic rings. The summed E-state index contributed by atoms with van der Waals surface area (Å²) in [6, 6.07) is 13.0. The molecule has 0 radical (unpaired) electrons. The van der Waals surface area contributed by atoms with Gasteiger partial charge in [0, 0.05) is 25.7 Å². The van der Waals surface area contributed by atoms with Crippen LogP contribution < -0.4 is 10.6 Å². The molecule has 0 fully saturated rings. The molecule has 0 bridgehead atoms. The van der Waals surface area contributed by atoms with E-state index in [9.17, 15) is 18.0 Å². The van der Waals surface area contributed by atoms with Crippen molar-refractivity contribution in [2.75, 3.05) is 12.4 Å². The van der Waals surface area contributed by atoms with E-state index in [4.69, 9.17) is 0 Å². The van der Waals surface area contributed by atoms with Crippen molar-refractivity contribution in [2.24, 2.45) is 0 Å². The van der Waals surface area contributed by atoms with Crippen molar-refractivity contribution < 1.29 is 18.0 Å². The van der Waals surface area contributed by atoms with Gasteiger partial charge in [-0.15, -0.1) is 0 Å². The molecule has 0 spiro atoms. The largest absolute Gasteiger partial charge is 0.349 e. The Labute approximate surface area is 178 Å². The first-order chi connectivity index (χ1) is 14.0. The molecule has 1 unspecified atom stereocenters. The zero-order valence-corrected chi connectivity index (χ0v) is 18.8. The number of nitrogens with one attached hydrogen (secondary N) is 2. The van der Waals surface area contributed by atoms with E-state index in [1.165, 1.54) is 30.4 Å². The molecule has 0 aliphatic heterocycles. The number of benzene rings is 2. The Hall–Kier alpha value is -2.71. The van der Waals surface area contributed by atoms with E-state index in [1.807, 2.05) is 31.2 Å². The van der Waals surface area contributed by atoms with Gasteiger partial charge in [-0.3, -0.25) is 9.59 Å². The Morgan fingerprint density at radius 2 is 1.57 bits per heavy atom. The topological polar surface area (TPSA) is 95.6 Å². The standard InChI is InChI=1S/C22H29N3O4S/c1-15(2)25(5)30(28,29)20-12-10-19(11-13-20)24-22(27)14-21(23-17(4)26)18-8-6-16(3)7-9-18/h6-13,15,21H,14H2,1-5H3,(H,23,26)(H,24,27). The van der Waals surface area contributed by atoms with Crippen LogP contribution in [0.5, 0.6) is 0 Å². The molecule has 0 heterocycles. The molecule has 2 amide bonds. The van der Waals surface area contributed by atoms with Gasteiger partial charge in [-0.25, -0.2) is 8.42 Å². The maximum atomic E-state index is 12.5. The lowest BCUT2D eigenvalue weighted by Gasteiger charge is -2.21. The molecule has 2 aromatic carbocycles. The molecule has 7 nitrogen and oxygen atoms in total. The Morgan fingerprint density at radius 3 is 2.07 bits per heavy atom. The van der Waals surface area contributed by atoms with Crippen molar-refractivity contribution in [1.82, 2.24) is 9.62 Å². The normalized spacial score (nSPS) is 12.6. The van der Waals surface area contributed by atoms with Gasteiger partial charge in [0.1, 0.15) is 0 Å². The van der Waals surface area contributed by atoms with Crippen LogP contribution in [-0.2, 0) is 19.6 Å². The van der Waals surface area contributed by atoms with Crippen molar-refractivity contribution in [3.8, 4) is 0 Å². The number of anilines is 1. The Bertz CT molecular complexity index is 984. The fourth-order valence-corrected chi connectivity index (χ4v) is 4.22. The first-order valence-corrected chi connectivity index (χ1v) is 11.2. The van der Waals surface area contributed by atoms with E-state index < -0.39 is 16.1 Å². The average Bonchev–Trinajstić information content (AvgIpc) is 2.67. The monoisotopic (exact) mass is 431 g/mol. The molecule has 2 rings (SSSR count). The highest BCUT2D eigenvalue weighted by atomic mass is 32.2. The SMILES string of the molecule is CC(=O)NC(CC(=O)Nc1ccc(S(=O)(=O)N(C)C(C)C)cc1)c1ccc(C)cc1. The molecular formula is C22H29N3O4S. The van der Waals surface area contributed by atoms with Gasteiger partial charge in [0.15, 0.2) is 0 Å². The smallest absolute Gasteiger partial charge is 0.243 e. The molecule has 8 heteroatoms. The van der Waals surface area contributed by atoms with E-state index >= 15 is 0 Å². The first kappa shape index (κ1) is 23.6. The molecule has 30 heavy (non-hydrogen) atoms. The third-order valence-corrected chi connectivity index (χ3v) is 6.84. The van der Waals surface area contributed by atoms with Crippen LogP contribution in [0.4, 0.5) is 5.69 Å². The van der Waals surface area contributed by atoms with E-state index in [2.05, 4.69) is 10.6 Å². The fourth-order valence-electron chi connectivity index (χ4n) is 2.85. The van der Waals surface area contributed by atoms with E-state index in [0.717, 1.165) is 11.1 Å². The second kappa shape index (κ2) is 9.86. The number of carbonyl (C=O) groups excluding carboxylic acids is 2. The molecule has 2 N–H and O–H groups in total. The van der Waals surface area contributed by atoms with Crippen molar-refractivity contribution in [3.05, 3.63) is 59.7 Å². The second-order valence-electron chi connectivity index (χ2n) is 7.56. The van der Waals surface area contributed by atoms with Crippen LogP contribution in [0.3, 0.4) is 0 Å². The van der Waals surface area contributed by atoms with Gasteiger partial charge in [-0.1, -0.05) is 29.8 Å². The van der Waals surface area contributed by atoms with Crippen LogP contribution in [0.2, 0.25) is 0 Å². The number of carbonyl (C=O) groups is 2. The summed E-state index contributed by atoms with van der Waals surface area (Å²) in [4.78, 5) is 24.3. The number of nitrogens with zero attached hydrogens (tertiary/aromatic N) is 1. The zero-order valence-electron chi connectivity index (χ0n) is 18.0. The van der Waals surface area contributed by atoms with Crippen LogP contribution >= 0.6 is 0 Å². The summed E-state index contributed by atoms with van der Waals surface area (Å²) >= 11 is 0. The zero-order chi connectivity index (χ0) is 22.5. The minimum atomic E-state index is -3.58. The van der Waals surface area contributed by atoms with Crippen molar-refractivity contribution in [3.63, 3.8) is 0 Å². The maximum absolute atomic E-state index is 12.5. The van der Waals surface area contributed by atoms with Gasteiger partial charge >= 0.3 is 0 Å². The average molecular weight is 432 g/mol. The summed E-state index contributed by atoms with van der Waals surface area (Å²) in [5.74, 6) is -0.513. The minimum Gasteiger partial charge on any atom is -0.349 e. The van der Waals surface area contributed by atoms with E-state index in [0.29, 0.717) is 5.69 Å². The molecule has 162 valence electrons. The predicted molar refractivity (Wildman–Crippen MR) is 118 cm³/mol. The summed E-state index contributed by atoms with van der Waals surface area (Å²) in [6.07, 6.45) is 0.0543. The lowest BCUT2D eigenvalue weighted by Crippen LogP contribution is -2.33. The highest BCUT2D eigenvalue weighted by molar-refractivity contribution is 7.89. The van der Waals surface area contributed by atoms with Crippen LogP contribution in [0.1, 0.15) is 44.4 Å². The second-order valence-corrected chi connectivity index (χ2v) is 9.55. The van der Waals surface area contributed by atoms with E-state index in [-0.39, 0.29) is 29.2 Å². The number of sulfonamides is 1. The van der Waals surface area contributed by atoms with Gasteiger partial charge in [0.25, 0.3) is 0 Å². The summed E-state index contributed by atoms with van der Waals surface area (Å²) in [7, 11) is -2.05. The Morgan fingerprint density at radius 1 is 1.00 bits per heavy atom. The molecule has 0 aliphatic carbocycles. The number of hydrogen-bond acceptors (Lipinski definition) is 4. The highest BCUT2D eigenvalue weighted by Crippen LogP contribution is 2.21. The number of amides is 2. The lowest BCUT2D eigenvalue weighted by atomic mass is 10.0. The summed E-state index contributed by atoms with van der Waals surface area (Å²) in [6.45, 7) is 6.97. The van der Waals surface area contributed by atoms with Crippen molar-refractivity contribution >= 4 is 27.5 Å². The lowest BCUT2D eigenvalue weighted by molar-refractivity contribution is -0.120. The summed E-state index contributed by atoms with van der Waals surface area (Å²) in [5.41, 5.74) is 2.41. The number of aryl methyl sites for hydroxylation is 1. The quantitative estimate of drug-likeness (QED) is 0.671. The third-order valence-electron chi connectivity index (χ3n) is 4.79. The predicted octanol–water partition coefficient (Wildman–Crippen LogP) is 3.23. The maximum Gasteiger partial charge on any atom is 0.243 e. The molecule has 2 aromatic rings. The summed E-state index contributed by atoms with van der Waals surface area (Å²) in [5, 5.41) is 5.56. The number of rotatable bonds is 8. The van der Waals surface area contributed by atoms with Gasteiger partial charge in [0.2, 0.25) is 21.8 Å². The number of hydrogen-bond donors (Lipinski definition) is 2.